The van der Waals surface area contributed by atoms with Gasteiger partial charge in [-0.3, -0.25) is 0 Å². The molecule has 1 aliphatic heterocycles. The van der Waals surface area contributed by atoms with E-state index >= 15 is 0 Å². The third-order valence-corrected chi connectivity index (χ3v) is 7.00. The Morgan fingerprint density at radius 3 is 2.84 bits per heavy atom. The molecule has 1 unspecified atom stereocenters. The lowest BCUT2D eigenvalue weighted by atomic mass is 9.98. The molecule has 3 N–H and O–H groups in total. The average molecular weight is 502 g/mol. The average Bonchev–Trinajstić information content (AvgIpc) is 3.39. The number of aliphatic hydroxyl groups excluding tert-OH is 1. The molecule has 192 valence electrons. The van der Waals surface area contributed by atoms with E-state index in [4.69, 9.17) is 14.3 Å². The predicted molar refractivity (Wildman–Crippen MR) is 142 cm³/mol. The van der Waals surface area contributed by atoms with Crippen molar-refractivity contribution in [2.45, 2.75) is 31.5 Å². The summed E-state index contributed by atoms with van der Waals surface area (Å²) >= 11 is 0. The van der Waals surface area contributed by atoms with E-state index < -0.39 is 12.1 Å². The number of furan rings is 1. The van der Waals surface area contributed by atoms with Crippen molar-refractivity contribution in [2.24, 2.45) is 0 Å². The Labute approximate surface area is 215 Å². The molecule has 3 heterocycles. The third kappa shape index (κ3) is 5.83. The van der Waals surface area contributed by atoms with Crippen molar-refractivity contribution >= 4 is 33.9 Å². The minimum atomic E-state index is -1.02. The molecule has 0 saturated carbocycles. The van der Waals surface area contributed by atoms with Crippen molar-refractivity contribution in [3.05, 3.63) is 77.6 Å². The SMILES string of the molecule is COc1ccc2c(/C=C/C(=O)O)ccc(C(O)CN3CCC(NCc4ccc5occc5c4)CC3)c2n1. The number of nitrogens with one attached hydrogen (secondary N) is 1. The van der Waals surface area contributed by atoms with Crippen LogP contribution in [0.15, 0.2) is 65.3 Å². The van der Waals surface area contributed by atoms with Crippen molar-refractivity contribution in [3.63, 3.8) is 0 Å². The number of pyridine rings is 1. The molecule has 0 spiro atoms. The molecule has 4 aromatic rings. The van der Waals surface area contributed by atoms with E-state index in [1.54, 1.807) is 25.5 Å². The second-order valence-corrected chi connectivity index (χ2v) is 9.43. The minimum Gasteiger partial charge on any atom is -0.481 e. The first-order valence-electron chi connectivity index (χ1n) is 12.5. The molecule has 1 aliphatic rings. The fraction of sp³-hybridized carbons (Fsp3) is 0.310. The maximum absolute atomic E-state index is 11.2. The van der Waals surface area contributed by atoms with E-state index in [1.165, 1.54) is 5.56 Å². The number of hydrogen-bond acceptors (Lipinski definition) is 7. The normalized spacial score (nSPS) is 16.1. The van der Waals surface area contributed by atoms with E-state index in [2.05, 4.69) is 27.3 Å². The van der Waals surface area contributed by atoms with Gasteiger partial charge in [0.25, 0.3) is 0 Å². The van der Waals surface area contributed by atoms with E-state index in [0.29, 0.717) is 29.5 Å². The molecular weight excluding hydrogens is 470 g/mol. The Morgan fingerprint density at radius 2 is 2.05 bits per heavy atom. The number of likely N-dealkylation sites (tertiary alicyclic amines) is 1. The lowest BCUT2D eigenvalue weighted by Crippen LogP contribution is -2.43. The Morgan fingerprint density at radius 1 is 1.22 bits per heavy atom. The third-order valence-electron chi connectivity index (χ3n) is 7.00. The van der Waals surface area contributed by atoms with E-state index in [-0.39, 0.29) is 0 Å². The number of β-amino-alcohol motifs (C(OH)–C–C–N with tert-alkyl or cyclic N) is 1. The zero-order valence-corrected chi connectivity index (χ0v) is 20.8. The summed E-state index contributed by atoms with van der Waals surface area (Å²) in [5.41, 5.74) is 4.19. The highest BCUT2D eigenvalue weighted by Crippen LogP contribution is 2.30. The molecule has 8 nitrogen and oxygen atoms in total. The fourth-order valence-corrected chi connectivity index (χ4v) is 4.98. The number of ether oxygens (including phenoxy) is 1. The quantitative estimate of drug-likeness (QED) is 0.290. The van der Waals surface area contributed by atoms with Gasteiger partial charge in [0, 0.05) is 47.6 Å². The van der Waals surface area contributed by atoms with Crippen LogP contribution in [0.5, 0.6) is 5.88 Å². The number of carboxylic acid groups (broad SMARTS) is 1. The Bertz CT molecular complexity index is 1420. The van der Waals surface area contributed by atoms with E-state index in [0.717, 1.165) is 60.5 Å². The van der Waals surface area contributed by atoms with Gasteiger partial charge in [-0.1, -0.05) is 18.2 Å². The maximum atomic E-state index is 11.2. The molecule has 0 aliphatic carbocycles. The molecule has 2 aromatic carbocycles. The van der Waals surface area contributed by atoms with Crippen molar-refractivity contribution < 1.29 is 24.2 Å². The molecule has 0 radical (unpaired) electrons. The molecule has 0 bridgehead atoms. The highest BCUT2D eigenvalue weighted by Gasteiger charge is 2.23. The molecule has 8 heteroatoms. The summed E-state index contributed by atoms with van der Waals surface area (Å²) in [6.07, 6.45) is 5.64. The monoisotopic (exact) mass is 501 g/mol. The van der Waals surface area contributed by atoms with Gasteiger partial charge >= 0.3 is 5.97 Å². The second kappa shape index (κ2) is 11.1. The number of aliphatic hydroxyl groups is 1. The number of nitrogens with zero attached hydrogens (tertiary/aromatic N) is 2. The summed E-state index contributed by atoms with van der Waals surface area (Å²) in [4.78, 5) is 17.9. The van der Waals surface area contributed by atoms with Crippen LogP contribution >= 0.6 is 0 Å². The number of carboxylic acids is 1. The van der Waals surface area contributed by atoms with Gasteiger partial charge in [-0.05, 0) is 67.4 Å². The molecule has 1 fully saturated rings. The molecule has 2 aromatic heterocycles. The van der Waals surface area contributed by atoms with Gasteiger partial charge in [0.2, 0.25) is 5.88 Å². The topological polar surface area (TPSA) is 108 Å². The number of rotatable bonds is 9. The van der Waals surface area contributed by atoms with Crippen LogP contribution in [0.1, 0.15) is 35.6 Å². The van der Waals surface area contributed by atoms with Crippen LogP contribution in [-0.2, 0) is 11.3 Å². The largest absolute Gasteiger partial charge is 0.481 e. The molecule has 5 rings (SSSR count). The first kappa shape index (κ1) is 25.0. The number of methoxy groups -OCH3 is 1. The Balaban J connectivity index is 1.21. The van der Waals surface area contributed by atoms with Crippen LogP contribution in [0.2, 0.25) is 0 Å². The van der Waals surface area contributed by atoms with Crippen molar-refractivity contribution in [1.82, 2.24) is 15.2 Å². The molecule has 37 heavy (non-hydrogen) atoms. The summed E-state index contributed by atoms with van der Waals surface area (Å²) in [6.45, 7) is 3.10. The van der Waals surface area contributed by atoms with Crippen LogP contribution in [-0.4, -0.2) is 58.9 Å². The molecule has 1 atom stereocenters. The van der Waals surface area contributed by atoms with Gasteiger partial charge in [0.05, 0.1) is 25.0 Å². The number of benzene rings is 2. The number of aromatic nitrogens is 1. The first-order valence-corrected chi connectivity index (χ1v) is 12.5. The minimum absolute atomic E-state index is 0.431. The highest BCUT2D eigenvalue weighted by atomic mass is 16.5. The number of aliphatic carboxylic acids is 1. The number of piperidine rings is 1. The van der Waals surface area contributed by atoms with Crippen LogP contribution < -0.4 is 10.1 Å². The van der Waals surface area contributed by atoms with Crippen LogP contribution in [0, 0.1) is 0 Å². The molecular formula is C29H31N3O5. The predicted octanol–water partition coefficient (Wildman–Crippen LogP) is 4.38. The summed E-state index contributed by atoms with van der Waals surface area (Å²) in [6, 6.07) is 15.9. The van der Waals surface area contributed by atoms with Gasteiger partial charge in [-0.15, -0.1) is 0 Å². The van der Waals surface area contributed by atoms with Crippen molar-refractivity contribution in [3.8, 4) is 5.88 Å². The van der Waals surface area contributed by atoms with Crippen molar-refractivity contribution in [2.75, 3.05) is 26.7 Å². The van der Waals surface area contributed by atoms with E-state index in [9.17, 15) is 9.90 Å². The lowest BCUT2D eigenvalue weighted by Gasteiger charge is -2.33. The number of hydrogen-bond donors (Lipinski definition) is 3. The van der Waals surface area contributed by atoms with Crippen LogP contribution in [0.3, 0.4) is 0 Å². The standard InChI is InChI=1S/C29H31N3O5/c1-36-27-8-6-23-20(4-9-28(34)35)3-5-24(29(23)31-27)25(33)18-32-13-10-22(11-14-32)30-17-19-2-7-26-21(16-19)12-15-37-26/h2-9,12,15-16,22,25,30,33H,10-11,13-14,17-18H2,1H3,(H,34,35)/b9-4+. The number of fused-ring (bicyclic) bond motifs is 2. The smallest absolute Gasteiger partial charge is 0.328 e. The fourth-order valence-electron chi connectivity index (χ4n) is 4.98. The molecule has 0 amide bonds. The summed E-state index contributed by atoms with van der Waals surface area (Å²) in [5.74, 6) is -0.574. The zero-order chi connectivity index (χ0) is 25.8. The van der Waals surface area contributed by atoms with Gasteiger partial charge in [0.15, 0.2) is 0 Å². The number of carbonyl (C=O) groups is 1. The maximum Gasteiger partial charge on any atom is 0.328 e. The van der Waals surface area contributed by atoms with Gasteiger partial charge in [-0.2, -0.15) is 0 Å². The van der Waals surface area contributed by atoms with Crippen LogP contribution in [0.4, 0.5) is 0 Å². The second-order valence-electron chi connectivity index (χ2n) is 9.43. The highest BCUT2D eigenvalue weighted by molar-refractivity contribution is 5.94. The van der Waals surface area contributed by atoms with Crippen molar-refractivity contribution in [1.29, 1.82) is 0 Å². The lowest BCUT2D eigenvalue weighted by molar-refractivity contribution is -0.131. The van der Waals surface area contributed by atoms with Gasteiger partial charge in [0.1, 0.15) is 5.58 Å². The summed E-state index contributed by atoms with van der Waals surface area (Å²) < 4.78 is 10.7. The van der Waals surface area contributed by atoms with Crippen LogP contribution in [0.25, 0.3) is 27.9 Å². The summed E-state index contributed by atoms with van der Waals surface area (Å²) in [5, 5.41) is 25.8. The Kier molecular flexibility index (Phi) is 7.50. The molecule has 1 saturated heterocycles. The first-order chi connectivity index (χ1) is 18.0. The van der Waals surface area contributed by atoms with Gasteiger partial charge in [-0.25, -0.2) is 9.78 Å². The zero-order valence-electron chi connectivity index (χ0n) is 20.8. The Hall–Kier alpha value is -3.72. The van der Waals surface area contributed by atoms with Gasteiger partial charge < -0.3 is 29.6 Å². The summed E-state index contributed by atoms with van der Waals surface area (Å²) in [7, 11) is 1.55. The van der Waals surface area contributed by atoms with E-state index in [1.807, 2.05) is 30.3 Å².